The Morgan fingerprint density at radius 3 is 1.75 bits per heavy atom. The van der Waals surface area contributed by atoms with Gasteiger partial charge in [-0.05, 0) is 107 Å². The molecule has 4 aromatic rings. The molecule has 0 spiro atoms. The maximum Gasteiger partial charge on any atom is 0.165 e. The first kappa shape index (κ1) is 32.1. The van der Waals surface area contributed by atoms with E-state index in [0.29, 0.717) is 22.6 Å². The third kappa shape index (κ3) is 5.58. The number of rotatable bonds is 4. The van der Waals surface area contributed by atoms with Crippen molar-refractivity contribution in [2.24, 2.45) is 0 Å². The number of benzene rings is 4. The SMILES string of the molecule is COc1c(O)ccc2c1CN1CCc3cc(CO)c(O)cc3[C@H]1C2.COc1cc2c(cc1O)CN1CCc3cc(CO)c(O)cc3[C@H]1C2. The van der Waals surface area contributed by atoms with E-state index in [1.807, 2.05) is 24.3 Å². The Hall–Kier alpha value is -4.48. The summed E-state index contributed by atoms with van der Waals surface area (Å²) in [5.41, 5.74) is 10.4. The van der Waals surface area contributed by atoms with Gasteiger partial charge >= 0.3 is 0 Å². The van der Waals surface area contributed by atoms with E-state index in [1.165, 1.54) is 22.3 Å². The van der Waals surface area contributed by atoms with Crippen LogP contribution in [0.5, 0.6) is 34.5 Å². The van der Waals surface area contributed by atoms with Gasteiger partial charge in [0.2, 0.25) is 0 Å². The number of hydrogen-bond donors (Lipinski definition) is 6. The summed E-state index contributed by atoms with van der Waals surface area (Å²) < 4.78 is 10.6. The highest BCUT2D eigenvalue weighted by molar-refractivity contribution is 5.54. The van der Waals surface area contributed by atoms with E-state index >= 15 is 0 Å². The van der Waals surface area contributed by atoms with E-state index in [4.69, 9.17) is 9.47 Å². The van der Waals surface area contributed by atoms with Gasteiger partial charge in [0.05, 0.1) is 27.4 Å². The number of phenols is 4. The molecule has 8 rings (SSSR count). The van der Waals surface area contributed by atoms with E-state index < -0.39 is 0 Å². The average molecular weight is 655 g/mol. The van der Waals surface area contributed by atoms with Gasteiger partial charge in [-0.25, -0.2) is 0 Å². The average Bonchev–Trinajstić information content (AvgIpc) is 3.09. The number of aromatic hydroxyl groups is 4. The Kier molecular flexibility index (Phi) is 8.59. The highest BCUT2D eigenvalue weighted by Crippen LogP contribution is 2.45. The number of methoxy groups -OCH3 is 2. The molecule has 6 N–H and O–H groups in total. The summed E-state index contributed by atoms with van der Waals surface area (Å²) in [5.74, 6) is 1.74. The number of fused-ring (bicyclic) bond motifs is 8. The summed E-state index contributed by atoms with van der Waals surface area (Å²) in [6.45, 7) is 3.05. The molecule has 0 saturated carbocycles. The molecule has 0 bridgehead atoms. The lowest BCUT2D eigenvalue weighted by Gasteiger charge is -2.42. The van der Waals surface area contributed by atoms with Crippen molar-refractivity contribution in [2.75, 3.05) is 27.3 Å². The second-order valence-electron chi connectivity index (χ2n) is 13.1. The molecule has 10 heteroatoms. The van der Waals surface area contributed by atoms with Crippen LogP contribution in [0.2, 0.25) is 0 Å². The first-order valence-corrected chi connectivity index (χ1v) is 16.4. The van der Waals surface area contributed by atoms with Crippen molar-refractivity contribution < 1.29 is 40.1 Å². The fourth-order valence-electron chi connectivity index (χ4n) is 8.04. The van der Waals surface area contributed by atoms with Gasteiger partial charge < -0.3 is 40.1 Å². The van der Waals surface area contributed by atoms with E-state index in [9.17, 15) is 30.6 Å². The largest absolute Gasteiger partial charge is 0.508 e. The van der Waals surface area contributed by atoms with Crippen molar-refractivity contribution in [3.8, 4) is 34.5 Å². The van der Waals surface area contributed by atoms with Gasteiger partial charge in [-0.3, -0.25) is 9.80 Å². The molecule has 0 aliphatic carbocycles. The van der Waals surface area contributed by atoms with Crippen LogP contribution in [-0.2, 0) is 52.0 Å². The van der Waals surface area contributed by atoms with Crippen molar-refractivity contribution in [1.82, 2.24) is 9.80 Å². The maximum atomic E-state index is 10.1. The number of ether oxygens (including phenoxy) is 2. The van der Waals surface area contributed by atoms with Crippen LogP contribution in [0.1, 0.15) is 67.7 Å². The van der Waals surface area contributed by atoms with Crippen LogP contribution in [0.3, 0.4) is 0 Å². The molecule has 4 aliphatic rings. The second-order valence-corrected chi connectivity index (χ2v) is 13.1. The van der Waals surface area contributed by atoms with Gasteiger partial charge in [0.25, 0.3) is 0 Å². The molecule has 252 valence electrons. The molecular formula is C38H42N2O8. The van der Waals surface area contributed by atoms with Crippen molar-refractivity contribution in [3.05, 3.63) is 104 Å². The summed E-state index contributed by atoms with van der Waals surface area (Å²) in [7, 11) is 3.14. The van der Waals surface area contributed by atoms with E-state index in [2.05, 4.69) is 9.80 Å². The molecule has 0 radical (unpaired) electrons. The standard InChI is InChI=1S/2C19H21NO4/c1-24-19-7-12-5-16-15-8-17(22)14(10-21)4-11(15)2-3-20(16)9-13(12)6-18(19)23;1-24-19-15-9-20-5-4-12-6-13(10-21)18(23)8-14(12)16(20)7-11(15)2-3-17(19)22/h4,6-8,16,21-23H,2-3,5,9-10H2,1H3;2-3,6,8,16,21-23H,4-5,7,9-10H2,1H3/t2*16-/m11/s1. The van der Waals surface area contributed by atoms with Gasteiger partial charge in [0.1, 0.15) is 11.5 Å². The van der Waals surface area contributed by atoms with Crippen LogP contribution in [0.25, 0.3) is 0 Å². The topological polar surface area (TPSA) is 146 Å². The molecule has 4 aliphatic heterocycles. The van der Waals surface area contributed by atoms with Gasteiger partial charge in [0.15, 0.2) is 23.0 Å². The van der Waals surface area contributed by atoms with E-state index in [0.717, 1.165) is 74.1 Å². The number of nitrogens with zero attached hydrogens (tertiary/aromatic N) is 2. The van der Waals surface area contributed by atoms with Crippen LogP contribution in [0.15, 0.2) is 48.5 Å². The van der Waals surface area contributed by atoms with E-state index in [-0.39, 0.29) is 48.3 Å². The Balaban J connectivity index is 0.000000152. The Labute approximate surface area is 279 Å². The lowest BCUT2D eigenvalue weighted by molar-refractivity contribution is 0.157. The smallest absolute Gasteiger partial charge is 0.165 e. The second kappa shape index (κ2) is 12.9. The molecule has 0 fully saturated rings. The van der Waals surface area contributed by atoms with Crippen molar-refractivity contribution in [2.45, 2.75) is 64.1 Å². The predicted octanol–water partition coefficient (Wildman–Crippen LogP) is 4.51. The predicted molar refractivity (Wildman–Crippen MR) is 178 cm³/mol. The lowest BCUT2D eigenvalue weighted by Crippen LogP contribution is -2.39. The zero-order valence-electron chi connectivity index (χ0n) is 27.2. The van der Waals surface area contributed by atoms with Crippen molar-refractivity contribution in [1.29, 1.82) is 0 Å². The first-order valence-electron chi connectivity index (χ1n) is 16.4. The Morgan fingerprint density at radius 1 is 0.604 bits per heavy atom. The number of hydrogen-bond acceptors (Lipinski definition) is 10. The van der Waals surface area contributed by atoms with Crippen LogP contribution in [-0.4, -0.2) is 67.7 Å². The first-order chi connectivity index (χ1) is 23.2. The molecular weight excluding hydrogens is 612 g/mol. The third-order valence-corrected chi connectivity index (χ3v) is 10.6. The van der Waals surface area contributed by atoms with Crippen LogP contribution < -0.4 is 9.47 Å². The fourth-order valence-corrected chi connectivity index (χ4v) is 8.04. The zero-order valence-corrected chi connectivity index (χ0v) is 27.2. The minimum atomic E-state index is -0.146. The van der Waals surface area contributed by atoms with Crippen molar-refractivity contribution >= 4 is 0 Å². The van der Waals surface area contributed by atoms with Gasteiger partial charge in [0, 0.05) is 55.0 Å². The summed E-state index contributed by atoms with van der Waals surface area (Å²) in [6, 6.07) is 15.2. The molecule has 0 amide bonds. The quantitative estimate of drug-likeness (QED) is 0.186. The van der Waals surface area contributed by atoms with Crippen LogP contribution in [0.4, 0.5) is 0 Å². The van der Waals surface area contributed by atoms with Crippen LogP contribution in [0, 0.1) is 0 Å². The molecule has 2 atom stereocenters. The van der Waals surface area contributed by atoms with Gasteiger partial charge in [-0.15, -0.1) is 0 Å². The monoisotopic (exact) mass is 654 g/mol. The highest BCUT2D eigenvalue weighted by Gasteiger charge is 2.35. The van der Waals surface area contributed by atoms with E-state index in [1.54, 1.807) is 38.5 Å². The molecule has 10 nitrogen and oxygen atoms in total. The van der Waals surface area contributed by atoms with Crippen LogP contribution >= 0.6 is 0 Å². The summed E-state index contributed by atoms with van der Waals surface area (Å²) in [6.07, 6.45) is 3.42. The molecule has 0 aromatic heterocycles. The fraction of sp³-hybridized carbons (Fsp3) is 0.368. The molecule has 48 heavy (non-hydrogen) atoms. The molecule has 0 saturated heterocycles. The van der Waals surface area contributed by atoms with Gasteiger partial charge in [-0.1, -0.05) is 6.07 Å². The number of aliphatic hydroxyl groups is 2. The normalized spacial score (nSPS) is 19.3. The molecule has 4 heterocycles. The lowest BCUT2D eigenvalue weighted by atomic mass is 9.83. The third-order valence-electron chi connectivity index (χ3n) is 10.6. The van der Waals surface area contributed by atoms with Crippen molar-refractivity contribution in [3.63, 3.8) is 0 Å². The number of phenolic OH excluding ortho intramolecular Hbond substituents is 2. The summed E-state index contributed by atoms with van der Waals surface area (Å²) in [5, 5.41) is 59.0. The zero-order chi connectivity index (χ0) is 33.7. The number of aliphatic hydroxyl groups excluding tert-OH is 2. The molecule has 0 unspecified atom stereocenters. The maximum absolute atomic E-state index is 10.1. The van der Waals surface area contributed by atoms with Gasteiger partial charge in [-0.2, -0.15) is 0 Å². The summed E-state index contributed by atoms with van der Waals surface area (Å²) in [4.78, 5) is 4.75. The minimum absolute atomic E-state index is 0.146. The summed E-state index contributed by atoms with van der Waals surface area (Å²) >= 11 is 0. The minimum Gasteiger partial charge on any atom is -0.508 e. The Morgan fingerprint density at radius 2 is 1.19 bits per heavy atom. The highest BCUT2D eigenvalue weighted by atomic mass is 16.5. The molecule has 4 aromatic carbocycles. The Bertz CT molecular complexity index is 1820.